The summed E-state index contributed by atoms with van der Waals surface area (Å²) in [7, 11) is 0. The van der Waals surface area contributed by atoms with E-state index in [1.807, 2.05) is 13.0 Å². The van der Waals surface area contributed by atoms with Gasteiger partial charge in [0.1, 0.15) is 0 Å². The van der Waals surface area contributed by atoms with E-state index >= 15 is 0 Å². The van der Waals surface area contributed by atoms with Crippen molar-refractivity contribution in [2.45, 2.75) is 13.3 Å². The number of rotatable bonds is 5. The summed E-state index contributed by atoms with van der Waals surface area (Å²) in [5.74, 6) is -0.0506. The molecule has 8 heteroatoms. The van der Waals surface area contributed by atoms with Crippen molar-refractivity contribution >= 4 is 44.9 Å². The lowest BCUT2D eigenvalue weighted by molar-refractivity contribution is -0.115. The summed E-state index contributed by atoms with van der Waals surface area (Å²) in [4.78, 5) is 25.4. The quantitative estimate of drug-likeness (QED) is 0.281. The molecule has 0 unspecified atom stereocenters. The van der Waals surface area contributed by atoms with Gasteiger partial charge in [0.05, 0.1) is 23.3 Å². The number of aromatic nitrogens is 5. The van der Waals surface area contributed by atoms with Crippen LogP contribution in [0.25, 0.3) is 54.9 Å². The maximum absolute atomic E-state index is 11.8. The number of nitrogens with zero attached hydrogens (tertiary/aromatic N) is 3. The lowest BCUT2D eigenvalue weighted by atomic mass is 10.1. The van der Waals surface area contributed by atoms with E-state index in [-0.39, 0.29) is 5.91 Å². The van der Waals surface area contributed by atoms with E-state index in [0.29, 0.717) is 17.8 Å². The van der Waals surface area contributed by atoms with Crippen molar-refractivity contribution < 1.29 is 4.79 Å². The summed E-state index contributed by atoms with van der Waals surface area (Å²) in [6.45, 7) is 1.82. The van der Waals surface area contributed by atoms with Crippen LogP contribution in [0, 0.1) is 0 Å². The van der Waals surface area contributed by atoms with E-state index in [1.54, 1.807) is 29.9 Å². The Kier molecular flexibility index (Phi) is 4.92. The summed E-state index contributed by atoms with van der Waals surface area (Å²) in [5.41, 5.74) is 7.15. The number of fused-ring (bicyclic) bond motifs is 2. The van der Waals surface area contributed by atoms with Crippen LogP contribution in [0.3, 0.4) is 0 Å². The van der Waals surface area contributed by atoms with Gasteiger partial charge in [0.25, 0.3) is 0 Å². The normalized spacial score (nSPS) is 11.3. The third-order valence-corrected chi connectivity index (χ3v) is 6.71. The topological polar surface area (TPSA) is 99.3 Å². The Balaban J connectivity index is 1.43. The molecule has 3 N–H and O–H groups in total. The second kappa shape index (κ2) is 8.24. The molecule has 0 radical (unpaired) electrons. The van der Waals surface area contributed by atoms with Crippen LogP contribution in [0.1, 0.15) is 13.3 Å². The third kappa shape index (κ3) is 3.54. The Morgan fingerprint density at radius 3 is 2.79 bits per heavy atom. The molecule has 5 heterocycles. The van der Waals surface area contributed by atoms with Gasteiger partial charge in [-0.15, -0.1) is 11.3 Å². The molecule has 6 rings (SSSR count). The molecular weight excluding hydrogens is 444 g/mol. The number of anilines is 1. The molecule has 5 aromatic heterocycles. The number of thiophene rings is 1. The second-order valence-corrected chi connectivity index (χ2v) is 8.93. The first-order valence-corrected chi connectivity index (χ1v) is 11.8. The molecule has 0 atom stereocenters. The first-order valence-electron chi connectivity index (χ1n) is 10.9. The van der Waals surface area contributed by atoms with Crippen LogP contribution < -0.4 is 5.32 Å². The average Bonchev–Trinajstić information content (AvgIpc) is 3.62. The molecule has 6 aromatic rings. The van der Waals surface area contributed by atoms with Gasteiger partial charge in [-0.05, 0) is 35.7 Å². The molecule has 7 nitrogen and oxygen atoms in total. The first kappa shape index (κ1) is 20.3. The minimum absolute atomic E-state index is 0.0506. The highest BCUT2D eigenvalue weighted by Crippen LogP contribution is 2.36. The Morgan fingerprint density at radius 1 is 1.03 bits per heavy atom. The molecule has 1 aromatic carbocycles. The number of carbonyl (C=O) groups excluding carboxylic acids is 1. The standard InChI is InChI=1S/C26H20N6OS/c1-2-24(33)29-17-9-15(12-27-14-17)16-10-20-25(31-32-26(20)28-13-16)22-11-19-18(23-7-4-8-34-23)5-3-6-21(19)30-22/h3-14,30H,2H2,1H3,(H,29,33)(H,28,31,32). The predicted octanol–water partition coefficient (Wildman–Crippen LogP) is 6.25. The van der Waals surface area contributed by atoms with Crippen LogP contribution in [0.15, 0.2) is 72.5 Å². The van der Waals surface area contributed by atoms with E-state index in [2.05, 4.69) is 78.3 Å². The minimum Gasteiger partial charge on any atom is -0.353 e. The minimum atomic E-state index is -0.0506. The van der Waals surface area contributed by atoms with Gasteiger partial charge in [-0.1, -0.05) is 25.1 Å². The molecule has 0 aliphatic carbocycles. The van der Waals surface area contributed by atoms with Gasteiger partial charge >= 0.3 is 0 Å². The van der Waals surface area contributed by atoms with Gasteiger partial charge in [-0.25, -0.2) is 4.98 Å². The zero-order valence-corrected chi connectivity index (χ0v) is 19.1. The van der Waals surface area contributed by atoms with Crippen LogP contribution in [0.4, 0.5) is 5.69 Å². The summed E-state index contributed by atoms with van der Waals surface area (Å²) in [5, 5.41) is 14.6. The number of hydrogen-bond donors (Lipinski definition) is 3. The van der Waals surface area contributed by atoms with E-state index < -0.39 is 0 Å². The molecular formula is C26H20N6OS. The number of H-pyrrole nitrogens is 2. The maximum atomic E-state index is 11.8. The van der Waals surface area contributed by atoms with Crippen molar-refractivity contribution in [3.63, 3.8) is 0 Å². The van der Waals surface area contributed by atoms with Crippen molar-refractivity contribution in [1.82, 2.24) is 25.1 Å². The summed E-state index contributed by atoms with van der Waals surface area (Å²) < 4.78 is 0. The molecule has 1 amide bonds. The molecule has 0 fully saturated rings. The highest BCUT2D eigenvalue weighted by Gasteiger charge is 2.15. The number of amides is 1. The van der Waals surface area contributed by atoms with Gasteiger partial charge in [-0.3, -0.25) is 14.9 Å². The van der Waals surface area contributed by atoms with E-state index in [0.717, 1.165) is 38.8 Å². The molecule has 166 valence electrons. The summed E-state index contributed by atoms with van der Waals surface area (Å²) in [6.07, 6.45) is 5.59. The number of hydrogen-bond acceptors (Lipinski definition) is 5. The maximum Gasteiger partial charge on any atom is 0.224 e. The highest BCUT2D eigenvalue weighted by atomic mass is 32.1. The fourth-order valence-corrected chi connectivity index (χ4v) is 4.88. The highest BCUT2D eigenvalue weighted by molar-refractivity contribution is 7.13. The van der Waals surface area contributed by atoms with Crippen molar-refractivity contribution in [2.24, 2.45) is 0 Å². The van der Waals surface area contributed by atoms with Crippen molar-refractivity contribution in [3.05, 3.63) is 72.5 Å². The van der Waals surface area contributed by atoms with Crippen molar-refractivity contribution in [1.29, 1.82) is 0 Å². The van der Waals surface area contributed by atoms with E-state index in [1.165, 1.54) is 10.4 Å². The van der Waals surface area contributed by atoms with Crippen molar-refractivity contribution in [2.75, 3.05) is 5.32 Å². The smallest absolute Gasteiger partial charge is 0.224 e. The molecule has 0 spiro atoms. The van der Waals surface area contributed by atoms with Crippen LogP contribution in [0.5, 0.6) is 0 Å². The lowest BCUT2D eigenvalue weighted by Gasteiger charge is -2.06. The van der Waals surface area contributed by atoms with Crippen LogP contribution in [-0.2, 0) is 4.79 Å². The SMILES string of the molecule is CCC(=O)Nc1cncc(-c2cnc3n[nH]c(-c4cc5c(-c6cccs6)cccc5[nH]4)c3c2)c1. The van der Waals surface area contributed by atoms with Gasteiger partial charge in [0.2, 0.25) is 5.91 Å². The Labute approximate surface area is 198 Å². The predicted molar refractivity (Wildman–Crippen MR) is 137 cm³/mol. The number of carbonyl (C=O) groups is 1. The molecule has 0 aliphatic rings. The molecule has 0 saturated carbocycles. The zero-order valence-electron chi connectivity index (χ0n) is 18.3. The number of benzene rings is 1. The molecule has 0 aliphatic heterocycles. The molecule has 34 heavy (non-hydrogen) atoms. The largest absolute Gasteiger partial charge is 0.353 e. The average molecular weight is 465 g/mol. The van der Waals surface area contributed by atoms with Crippen LogP contribution in [-0.4, -0.2) is 31.1 Å². The third-order valence-electron chi connectivity index (χ3n) is 5.81. The second-order valence-electron chi connectivity index (χ2n) is 7.98. The first-order chi connectivity index (χ1) is 16.7. The van der Waals surface area contributed by atoms with Crippen molar-refractivity contribution in [3.8, 4) is 33.0 Å². The fraction of sp³-hybridized carbons (Fsp3) is 0.0769. The number of nitrogens with one attached hydrogen (secondary N) is 3. The lowest BCUT2D eigenvalue weighted by Crippen LogP contribution is -2.09. The van der Waals surface area contributed by atoms with E-state index in [4.69, 9.17) is 0 Å². The number of aromatic amines is 2. The van der Waals surface area contributed by atoms with Gasteiger partial charge in [0.15, 0.2) is 5.65 Å². The van der Waals surface area contributed by atoms with Crippen LogP contribution in [0.2, 0.25) is 0 Å². The Morgan fingerprint density at radius 2 is 1.94 bits per heavy atom. The van der Waals surface area contributed by atoms with Gasteiger partial charge in [0, 0.05) is 56.7 Å². The monoisotopic (exact) mass is 464 g/mol. The summed E-state index contributed by atoms with van der Waals surface area (Å²) >= 11 is 1.73. The van der Waals surface area contributed by atoms with Gasteiger partial charge < -0.3 is 10.3 Å². The zero-order chi connectivity index (χ0) is 23.1. The Hall–Kier alpha value is -4.30. The Bertz CT molecular complexity index is 1650. The number of pyridine rings is 2. The van der Waals surface area contributed by atoms with Gasteiger partial charge in [-0.2, -0.15) is 5.10 Å². The molecule has 0 bridgehead atoms. The van der Waals surface area contributed by atoms with E-state index in [9.17, 15) is 4.79 Å². The van der Waals surface area contributed by atoms with Crippen LogP contribution >= 0.6 is 11.3 Å². The fourth-order valence-electron chi connectivity index (χ4n) is 4.11. The summed E-state index contributed by atoms with van der Waals surface area (Å²) in [6, 6.07) is 16.6. The molecule has 0 saturated heterocycles.